The van der Waals surface area contributed by atoms with Gasteiger partial charge in [-0.15, -0.1) is 10.2 Å². The minimum atomic E-state index is 0.465. The van der Waals surface area contributed by atoms with E-state index in [0.717, 1.165) is 28.1 Å². The highest BCUT2D eigenvalue weighted by atomic mass is 35.5. The molecule has 108 valence electrons. The molecule has 0 saturated carbocycles. The molecule has 0 aliphatic carbocycles. The van der Waals surface area contributed by atoms with Crippen LogP contribution < -0.4 is 4.74 Å². The zero-order valence-corrected chi connectivity index (χ0v) is 12.8. The number of aromatic nitrogens is 4. The summed E-state index contributed by atoms with van der Waals surface area (Å²) in [5.41, 5.74) is 3.55. The Balaban J connectivity index is 2.12. The predicted octanol–water partition coefficient (Wildman–Crippen LogP) is 3.46. The van der Waals surface area contributed by atoms with E-state index in [-0.39, 0.29) is 0 Å². The number of ether oxygens (including phenoxy) is 1. The van der Waals surface area contributed by atoms with Crippen molar-refractivity contribution in [2.45, 2.75) is 20.8 Å². The molecule has 0 spiro atoms. The van der Waals surface area contributed by atoms with Gasteiger partial charge in [-0.2, -0.15) is 9.61 Å². The van der Waals surface area contributed by atoms with Gasteiger partial charge in [0.25, 0.3) is 0 Å². The van der Waals surface area contributed by atoms with Crippen LogP contribution in [0.3, 0.4) is 0 Å². The lowest BCUT2D eigenvalue weighted by Gasteiger charge is -2.06. The third-order valence-corrected chi connectivity index (χ3v) is 3.82. The highest BCUT2D eigenvalue weighted by Crippen LogP contribution is 2.25. The van der Waals surface area contributed by atoms with Gasteiger partial charge in [0.2, 0.25) is 0 Å². The number of rotatable bonds is 3. The lowest BCUT2D eigenvalue weighted by Crippen LogP contribution is -2.00. The van der Waals surface area contributed by atoms with Crippen molar-refractivity contribution in [1.29, 1.82) is 0 Å². The van der Waals surface area contributed by atoms with E-state index in [1.165, 1.54) is 0 Å². The predicted molar refractivity (Wildman–Crippen MR) is 81.9 cm³/mol. The zero-order valence-electron chi connectivity index (χ0n) is 12.1. The summed E-state index contributed by atoms with van der Waals surface area (Å²) < 4.78 is 7.12. The molecule has 0 radical (unpaired) electrons. The summed E-state index contributed by atoms with van der Waals surface area (Å²) >= 11 is 6.17. The van der Waals surface area contributed by atoms with E-state index in [1.54, 1.807) is 4.52 Å². The molecule has 2 aromatic heterocycles. The Kier molecular flexibility index (Phi) is 3.51. The number of aryl methyl sites for hydroxylation is 1. The molecule has 0 N–H and O–H groups in total. The van der Waals surface area contributed by atoms with E-state index in [0.29, 0.717) is 17.6 Å². The Morgan fingerprint density at radius 3 is 2.48 bits per heavy atom. The van der Waals surface area contributed by atoms with E-state index in [4.69, 9.17) is 16.3 Å². The monoisotopic (exact) mass is 302 g/mol. The van der Waals surface area contributed by atoms with Gasteiger partial charge in [0.1, 0.15) is 5.75 Å². The van der Waals surface area contributed by atoms with Crippen LogP contribution >= 0.6 is 11.6 Å². The summed E-state index contributed by atoms with van der Waals surface area (Å²) in [6, 6.07) is 7.68. The van der Waals surface area contributed by atoms with Crippen molar-refractivity contribution in [2.75, 3.05) is 6.61 Å². The largest absolute Gasteiger partial charge is 0.494 e. The van der Waals surface area contributed by atoms with Crippen molar-refractivity contribution in [3.8, 4) is 17.1 Å². The van der Waals surface area contributed by atoms with Gasteiger partial charge in [-0.3, -0.25) is 0 Å². The zero-order chi connectivity index (χ0) is 15.0. The second-order valence-electron chi connectivity index (χ2n) is 4.76. The van der Waals surface area contributed by atoms with Crippen LogP contribution in [-0.2, 0) is 0 Å². The highest BCUT2D eigenvalue weighted by Gasteiger charge is 2.14. The smallest absolute Gasteiger partial charge is 0.185 e. The quantitative estimate of drug-likeness (QED) is 0.743. The number of benzene rings is 1. The summed E-state index contributed by atoms with van der Waals surface area (Å²) in [5, 5.41) is 13.3. The summed E-state index contributed by atoms with van der Waals surface area (Å²) in [4.78, 5) is 0. The first-order chi connectivity index (χ1) is 10.1. The molecule has 0 saturated heterocycles. The molecule has 0 unspecified atom stereocenters. The maximum atomic E-state index is 6.17. The van der Waals surface area contributed by atoms with Gasteiger partial charge < -0.3 is 4.74 Å². The minimum absolute atomic E-state index is 0.465. The molecular weight excluding hydrogens is 288 g/mol. The van der Waals surface area contributed by atoms with Gasteiger partial charge in [0.15, 0.2) is 16.6 Å². The molecule has 0 aliphatic rings. The topological polar surface area (TPSA) is 52.3 Å². The van der Waals surface area contributed by atoms with Crippen molar-refractivity contribution in [2.24, 2.45) is 0 Å². The van der Waals surface area contributed by atoms with Gasteiger partial charge in [-0.05, 0) is 50.6 Å². The van der Waals surface area contributed by atoms with Gasteiger partial charge >= 0.3 is 0 Å². The molecular formula is C15H15ClN4O. The first kappa shape index (κ1) is 13.8. The van der Waals surface area contributed by atoms with Crippen molar-refractivity contribution in [3.05, 3.63) is 40.5 Å². The van der Waals surface area contributed by atoms with Crippen molar-refractivity contribution >= 4 is 17.2 Å². The Morgan fingerprint density at radius 2 is 1.81 bits per heavy atom. The normalized spacial score (nSPS) is 11.0. The minimum Gasteiger partial charge on any atom is -0.494 e. The first-order valence-corrected chi connectivity index (χ1v) is 7.11. The molecule has 21 heavy (non-hydrogen) atoms. The Hall–Kier alpha value is -2.14. The van der Waals surface area contributed by atoms with Crippen molar-refractivity contribution in [3.63, 3.8) is 0 Å². The van der Waals surface area contributed by atoms with E-state index in [9.17, 15) is 0 Å². The van der Waals surface area contributed by atoms with Gasteiger partial charge in [0.05, 0.1) is 6.61 Å². The van der Waals surface area contributed by atoms with Crippen LogP contribution in [0, 0.1) is 13.8 Å². The fraction of sp³-hybridized carbons (Fsp3) is 0.267. The van der Waals surface area contributed by atoms with Crippen LogP contribution in [0.15, 0.2) is 24.3 Å². The SMILES string of the molecule is CCOc1ccc(-c2nnc3c(C)c(C)c(Cl)nn23)cc1. The Labute approximate surface area is 127 Å². The van der Waals surface area contributed by atoms with Crippen LogP contribution in [0.1, 0.15) is 18.1 Å². The number of hydrogen-bond acceptors (Lipinski definition) is 4. The van der Waals surface area contributed by atoms with Crippen LogP contribution in [0.2, 0.25) is 5.15 Å². The maximum Gasteiger partial charge on any atom is 0.185 e. The van der Waals surface area contributed by atoms with Crippen LogP contribution in [-0.4, -0.2) is 26.4 Å². The second kappa shape index (κ2) is 5.33. The summed E-state index contributed by atoms with van der Waals surface area (Å²) in [6.45, 7) is 6.49. The van der Waals surface area contributed by atoms with Crippen molar-refractivity contribution < 1.29 is 4.74 Å². The van der Waals surface area contributed by atoms with Gasteiger partial charge in [-0.1, -0.05) is 11.6 Å². The molecule has 0 amide bonds. The van der Waals surface area contributed by atoms with Crippen LogP contribution in [0.25, 0.3) is 17.0 Å². The number of fused-ring (bicyclic) bond motifs is 1. The third-order valence-electron chi connectivity index (χ3n) is 3.46. The van der Waals surface area contributed by atoms with E-state index in [1.807, 2.05) is 45.0 Å². The standard InChI is InChI=1S/C15H15ClN4O/c1-4-21-12-7-5-11(6-8-12)15-18-17-14-10(3)9(2)13(16)19-20(14)15/h5-8H,4H2,1-3H3. The molecule has 3 aromatic rings. The molecule has 2 heterocycles. The molecule has 3 rings (SSSR count). The number of nitrogens with zero attached hydrogens (tertiary/aromatic N) is 4. The second-order valence-corrected chi connectivity index (χ2v) is 5.12. The van der Waals surface area contributed by atoms with Gasteiger partial charge in [-0.25, -0.2) is 0 Å². The molecule has 0 bridgehead atoms. The van der Waals surface area contributed by atoms with E-state index >= 15 is 0 Å². The summed E-state index contributed by atoms with van der Waals surface area (Å²) in [6.07, 6.45) is 0. The van der Waals surface area contributed by atoms with E-state index in [2.05, 4.69) is 15.3 Å². The van der Waals surface area contributed by atoms with Crippen LogP contribution in [0.5, 0.6) is 5.75 Å². The highest BCUT2D eigenvalue weighted by molar-refractivity contribution is 6.30. The average molecular weight is 303 g/mol. The first-order valence-electron chi connectivity index (χ1n) is 6.73. The molecule has 1 aromatic carbocycles. The maximum absolute atomic E-state index is 6.17. The summed E-state index contributed by atoms with van der Waals surface area (Å²) in [5.74, 6) is 1.49. The fourth-order valence-electron chi connectivity index (χ4n) is 2.14. The molecule has 0 fully saturated rings. The molecule has 6 heteroatoms. The average Bonchev–Trinajstić information content (AvgIpc) is 2.90. The molecule has 5 nitrogen and oxygen atoms in total. The third kappa shape index (κ3) is 2.34. The van der Waals surface area contributed by atoms with E-state index < -0.39 is 0 Å². The van der Waals surface area contributed by atoms with Crippen molar-refractivity contribution in [1.82, 2.24) is 19.8 Å². The van der Waals surface area contributed by atoms with Crippen LogP contribution in [0.4, 0.5) is 0 Å². The Morgan fingerprint density at radius 1 is 1.10 bits per heavy atom. The van der Waals surface area contributed by atoms with Gasteiger partial charge in [0, 0.05) is 11.1 Å². The Bertz CT molecular complexity index is 796. The molecule has 0 aliphatic heterocycles. The fourth-order valence-corrected chi connectivity index (χ4v) is 2.36. The lowest BCUT2D eigenvalue weighted by molar-refractivity contribution is 0.340. The summed E-state index contributed by atoms with van der Waals surface area (Å²) in [7, 11) is 0. The number of hydrogen-bond donors (Lipinski definition) is 0. The molecule has 0 atom stereocenters. The lowest BCUT2D eigenvalue weighted by atomic mass is 10.2. The number of halogens is 1.